The van der Waals surface area contributed by atoms with E-state index in [1.54, 1.807) is 4.68 Å². The van der Waals surface area contributed by atoms with E-state index >= 15 is 0 Å². The smallest absolute Gasteiger partial charge is 0.328 e. The molecule has 6 nitrogen and oxygen atoms in total. The van der Waals surface area contributed by atoms with Crippen molar-refractivity contribution in [2.24, 2.45) is 0 Å². The number of carbonyl (C=O) groups is 1. The van der Waals surface area contributed by atoms with Crippen LogP contribution in [0.2, 0.25) is 0 Å². The topological polar surface area (TPSA) is 80.0 Å². The van der Waals surface area contributed by atoms with Gasteiger partial charge in [0.25, 0.3) is 0 Å². The van der Waals surface area contributed by atoms with Crippen molar-refractivity contribution in [2.45, 2.75) is 57.0 Å². The Morgan fingerprint density at radius 2 is 2.26 bits per heavy atom. The molecule has 2 atom stereocenters. The second-order valence-electron chi connectivity index (χ2n) is 5.49. The number of aromatic nitrogens is 3. The molecule has 0 amide bonds. The van der Waals surface area contributed by atoms with Crippen LogP contribution < -0.4 is 5.32 Å². The summed E-state index contributed by atoms with van der Waals surface area (Å²) in [6, 6.07) is -0.0780. The number of carboxylic acids is 1. The van der Waals surface area contributed by atoms with E-state index in [4.69, 9.17) is 0 Å². The summed E-state index contributed by atoms with van der Waals surface area (Å²) in [5, 5.41) is 17.1. The standard InChI is InChI=1S/C13H20N4O2/c18-13(19)10-5-3-6-12-15-11(16-17(10)12)8-9-4-1-2-7-14-9/h9-10,14H,1-8H2,(H,18,19). The van der Waals surface area contributed by atoms with Gasteiger partial charge in [0.1, 0.15) is 5.82 Å². The van der Waals surface area contributed by atoms with E-state index in [1.165, 1.54) is 12.8 Å². The Hall–Kier alpha value is -1.43. The molecule has 0 aliphatic carbocycles. The molecule has 0 spiro atoms. The first kappa shape index (κ1) is 12.6. The number of rotatable bonds is 3. The predicted molar refractivity (Wildman–Crippen MR) is 69.0 cm³/mol. The van der Waals surface area contributed by atoms with Gasteiger partial charge in [-0.1, -0.05) is 6.42 Å². The predicted octanol–water partition coefficient (Wildman–Crippen LogP) is 0.925. The van der Waals surface area contributed by atoms with Crippen LogP contribution in [0.25, 0.3) is 0 Å². The van der Waals surface area contributed by atoms with Crippen LogP contribution in [0, 0.1) is 0 Å². The average Bonchev–Trinajstić information content (AvgIpc) is 2.81. The number of fused-ring (bicyclic) bond motifs is 1. The summed E-state index contributed by atoms with van der Waals surface area (Å²) < 4.78 is 1.63. The molecular weight excluding hydrogens is 244 g/mol. The molecule has 104 valence electrons. The van der Waals surface area contributed by atoms with Crippen LogP contribution in [0.4, 0.5) is 0 Å². The third-order valence-corrected chi connectivity index (χ3v) is 4.05. The minimum Gasteiger partial charge on any atom is -0.480 e. The van der Waals surface area contributed by atoms with Gasteiger partial charge in [0.15, 0.2) is 11.9 Å². The number of nitrogens with zero attached hydrogens (tertiary/aromatic N) is 3. The summed E-state index contributed by atoms with van der Waals surface area (Å²) in [5.41, 5.74) is 0. The summed E-state index contributed by atoms with van der Waals surface area (Å²) in [6.07, 6.45) is 6.85. The Morgan fingerprint density at radius 3 is 3.00 bits per heavy atom. The number of aliphatic carboxylic acids is 1. The lowest BCUT2D eigenvalue weighted by atomic mass is 10.0. The molecule has 1 aromatic rings. The summed E-state index contributed by atoms with van der Waals surface area (Å²) in [7, 11) is 0. The summed E-state index contributed by atoms with van der Waals surface area (Å²) >= 11 is 0. The van der Waals surface area contributed by atoms with Crippen LogP contribution in [0.3, 0.4) is 0 Å². The fourth-order valence-electron chi connectivity index (χ4n) is 3.03. The largest absolute Gasteiger partial charge is 0.480 e. The number of carboxylic acid groups (broad SMARTS) is 1. The van der Waals surface area contributed by atoms with Crippen molar-refractivity contribution in [3.63, 3.8) is 0 Å². The molecule has 2 N–H and O–H groups in total. The molecular formula is C13H20N4O2. The van der Waals surface area contributed by atoms with E-state index in [0.29, 0.717) is 12.5 Å². The van der Waals surface area contributed by atoms with Gasteiger partial charge in [0.05, 0.1) is 0 Å². The van der Waals surface area contributed by atoms with E-state index in [0.717, 1.165) is 43.9 Å². The van der Waals surface area contributed by atoms with Crippen molar-refractivity contribution in [2.75, 3.05) is 6.54 Å². The average molecular weight is 264 g/mol. The van der Waals surface area contributed by atoms with Crippen LogP contribution in [-0.2, 0) is 17.6 Å². The van der Waals surface area contributed by atoms with Crippen molar-refractivity contribution in [1.82, 2.24) is 20.1 Å². The van der Waals surface area contributed by atoms with Crippen molar-refractivity contribution < 1.29 is 9.90 Å². The number of piperidine rings is 1. The first-order valence-corrected chi connectivity index (χ1v) is 7.14. The lowest BCUT2D eigenvalue weighted by Gasteiger charge is -2.22. The first-order valence-electron chi connectivity index (χ1n) is 7.14. The number of aryl methyl sites for hydroxylation is 1. The normalized spacial score (nSPS) is 26.9. The molecule has 2 aliphatic heterocycles. The molecule has 0 aromatic carbocycles. The van der Waals surface area contributed by atoms with Gasteiger partial charge in [0.2, 0.25) is 0 Å². The molecule has 19 heavy (non-hydrogen) atoms. The summed E-state index contributed by atoms with van der Waals surface area (Å²) in [6.45, 7) is 1.07. The lowest BCUT2D eigenvalue weighted by Crippen LogP contribution is -2.35. The zero-order valence-corrected chi connectivity index (χ0v) is 11.0. The monoisotopic (exact) mass is 264 g/mol. The molecule has 6 heteroatoms. The molecule has 2 unspecified atom stereocenters. The molecule has 1 saturated heterocycles. The van der Waals surface area contributed by atoms with Crippen LogP contribution in [-0.4, -0.2) is 38.4 Å². The molecule has 1 aromatic heterocycles. The number of hydrogen-bond donors (Lipinski definition) is 2. The Labute approximate surface area is 112 Å². The second-order valence-corrected chi connectivity index (χ2v) is 5.49. The Morgan fingerprint density at radius 1 is 1.37 bits per heavy atom. The van der Waals surface area contributed by atoms with Crippen molar-refractivity contribution in [3.8, 4) is 0 Å². The third-order valence-electron chi connectivity index (χ3n) is 4.05. The highest BCUT2D eigenvalue weighted by Crippen LogP contribution is 2.23. The van der Waals surface area contributed by atoms with Gasteiger partial charge in [0, 0.05) is 18.9 Å². The Balaban J connectivity index is 1.75. The fourth-order valence-corrected chi connectivity index (χ4v) is 3.03. The lowest BCUT2D eigenvalue weighted by molar-refractivity contribution is -0.141. The highest BCUT2D eigenvalue weighted by molar-refractivity contribution is 5.71. The van der Waals surface area contributed by atoms with E-state index in [1.807, 2.05) is 0 Å². The highest BCUT2D eigenvalue weighted by Gasteiger charge is 2.29. The van der Waals surface area contributed by atoms with Crippen molar-refractivity contribution in [3.05, 3.63) is 11.6 Å². The molecule has 3 heterocycles. The van der Waals surface area contributed by atoms with Crippen LogP contribution in [0.1, 0.15) is 49.8 Å². The van der Waals surface area contributed by atoms with E-state index in [9.17, 15) is 9.90 Å². The first-order chi connectivity index (χ1) is 9.24. The van der Waals surface area contributed by atoms with Gasteiger partial charge in [-0.2, -0.15) is 5.10 Å². The second kappa shape index (κ2) is 5.28. The quantitative estimate of drug-likeness (QED) is 0.848. The van der Waals surface area contributed by atoms with Gasteiger partial charge in [-0.25, -0.2) is 14.5 Å². The van der Waals surface area contributed by atoms with Gasteiger partial charge in [-0.3, -0.25) is 0 Å². The van der Waals surface area contributed by atoms with Gasteiger partial charge in [-0.15, -0.1) is 0 Å². The SMILES string of the molecule is O=C(O)C1CCCc2nc(CC3CCCCN3)nn21. The van der Waals surface area contributed by atoms with Gasteiger partial charge in [-0.05, 0) is 32.2 Å². The molecule has 1 fully saturated rings. The third kappa shape index (κ3) is 2.63. The van der Waals surface area contributed by atoms with Crippen LogP contribution >= 0.6 is 0 Å². The Kier molecular flexibility index (Phi) is 3.50. The fraction of sp³-hybridized carbons (Fsp3) is 0.769. The van der Waals surface area contributed by atoms with E-state index in [-0.39, 0.29) is 0 Å². The number of hydrogen-bond acceptors (Lipinski definition) is 4. The minimum atomic E-state index is -0.798. The van der Waals surface area contributed by atoms with E-state index in [2.05, 4.69) is 15.4 Å². The maximum absolute atomic E-state index is 11.2. The zero-order valence-electron chi connectivity index (χ0n) is 11.0. The number of nitrogens with one attached hydrogen (secondary N) is 1. The molecule has 0 bridgehead atoms. The maximum Gasteiger partial charge on any atom is 0.328 e. The zero-order chi connectivity index (χ0) is 13.2. The Bertz CT molecular complexity index is 465. The maximum atomic E-state index is 11.2. The van der Waals surface area contributed by atoms with Crippen LogP contribution in [0.15, 0.2) is 0 Å². The van der Waals surface area contributed by atoms with Gasteiger partial charge < -0.3 is 10.4 Å². The molecule has 3 rings (SSSR count). The van der Waals surface area contributed by atoms with Crippen molar-refractivity contribution >= 4 is 5.97 Å². The van der Waals surface area contributed by atoms with Crippen LogP contribution in [0.5, 0.6) is 0 Å². The highest BCUT2D eigenvalue weighted by atomic mass is 16.4. The summed E-state index contributed by atoms with van der Waals surface area (Å²) in [5.74, 6) is 0.834. The molecule has 2 aliphatic rings. The van der Waals surface area contributed by atoms with E-state index < -0.39 is 12.0 Å². The van der Waals surface area contributed by atoms with Gasteiger partial charge >= 0.3 is 5.97 Å². The minimum absolute atomic E-state index is 0.446. The molecule has 0 radical (unpaired) electrons. The van der Waals surface area contributed by atoms with Crippen molar-refractivity contribution in [1.29, 1.82) is 0 Å². The summed E-state index contributed by atoms with van der Waals surface area (Å²) in [4.78, 5) is 15.7. The molecule has 0 saturated carbocycles.